The SMILES string of the molecule is COC(=O)c1nccc2c1[C@@H](Br)[C@H](OC)O2. The topological polar surface area (TPSA) is 57.7 Å². The molecule has 16 heavy (non-hydrogen) atoms. The summed E-state index contributed by atoms with van der Waals surface area (Å²) in [7, 11) is 2.85. The highest BCUT2D eigenvalue weighted by molar-refractivity contribution is 9.09. The summed E-state index contributed by atoms with van der Waals surface area (Å²) in [4.78, 5) is 15.3. The molecule has 0 aromatic carbocycles. The maximum atomic E-state index is 11.5. The van der Waals surface area contributed by atoms with Crippen LogP contribution in [0.2, 0.25) is 0 Å². The van der Waals surface area contributed by atoms with Gasteiger partial charge in [0.15, 0.2) is 5.69 Å². The Kier molecular flexibility index (Phi) is 3.11. The van der Waals surface area contributed by atoms with Crippen LogP contribution in [0.5, 0.6) is 5.75 Å². The Morgan fingerprint density at radius 3 is 2.94 bits per heavy atom. The van der Waals surface area contributed by atoms with Gasteiger partial charge in [0.2, 0.25) is 6.29 Å². The molecule has 0 aliphatic carbocycles. The number of esters is 1. The van der Waals surface area contributed by atoms with Gasteiger partial charge in [0.1, 0.15) is 10.6 Å². The molecule has 6 heteroatoms. The number of alkyl halides is 1. The van der Waals surface area contributed by atoms with E-state index in [1.807, 2.05) is 0 Å². The molecule has 0 amide bonds. The van der Waals surface area contributed by atoms with Gasteiger partial charge in [-0.1, -0.05) is 15.9 Å². The summed E-state index contributed by atoms with van der Waals surface area (Å²) in [5, 5.41) is 0. The predicted molar refractivity (Wildman–Crippen MR) is 58.7 cm³/mol. The summed E-state index contributed by atoms with van der Waals surface area (Å²) in [5.74, 6) is 0.103. The highest BCUT2D eigenvalue weighted by atomic mass is 79.9. The molecule has 2 atom stereocenters. The summed E-state index contributed by atoms with van der Waals surface area (Å²) in [5.41, 5.74) is 0.919. The van der Waals surface area contributed by atoms with E-state index < -0.39 is 12.3 Å². The first-order chi connectivity index (χ1) is 7.69. The number of carbonyl (C=O) groups is 1. The molecule has 0 bridgehead atoms. The lowest BCUT2D eigenvalue weighted by Gasteiger charge is -2.11. The van der Waals surface area contributed by atoms with Crippen molar-refractivity contribution in [1.29, 1.82) is 0 Å². The quantitative estimate of drug-likeness (QED) is 0.612. The molecule has 0 fully saturated rings. The second-order valence-electron chi connectivity index (χ2n) is 3.19. The van der Waals surface area contributed by atoms with Gasteiger partial charge >= 0.3 is 5.97 Å². The Hall–Kier alpha value is -1.14. The fraction of sp³-hybridized carbons (Fsp3) is 0.400. The summed E-state index contributed by atoms with van der Waals surface area (Å²) < 4.78 is 15.3. The van der Waals surface area contributed by atoms with Gasteiger partial charge in [0.25, 0.3) is 0 Å². The van der Waals surface area contributed by atoms with E-state index >= 15 is 0 Å². The summed E-state index contributed by atoms with van der Waals surface area (Å²) in [6.45, 7) is 0. The van der Waals surface area contributed by atoms with Gasteiger partial charge in [-0.3, -0.25) is 0 Å². The predicted octanol–water partition coefficient (Wildman–Crippen LogP) is 1.67. The highest BCUT2D eigenvalue weighted by Gasteiger charge is 2.37. The van der Waals surface area contributed by atoms with E-state index in [0.717, 1.165) is 0 Å². The molecule has 0 N–H and O–H groups in total. The van der Waals surface area contributed by atoms with Crippen molar-refractivity contribution in [3.8, 4) is 5.75 Å². The van der Waals surface area contributed by atoms with Crippen LogP contribution in [0, 0.1) is 0 Å². The fourth-order valence-corrected chi connectivity index (χ4v) is 2.34. The average Bonchev–Trinajstić information content (AvgIpc) is 2.65. The number of ether oxygens (including phenoxy) is 3. The van der Waals surface area contributed by atoms with Crippen LogP contribution < -0.4 is 4.74 Å². The largest absolute Gasteiger partial charge is 0.464 e. The van der Waals surface area contributed by atoms with Crippen molar-refractivity contribution in [2.75, 3.05) is 14.2 Å². The van der Waals surface area contributed by atoms with Gasteiger partial charge in [-0.15, -0.1) is 0 Å². The normalized spacial score (nSPS) is 22.4. The van der Waals surface area contributed by atoms with Gasteiger partial charge < -0.3 is 14.2 Å². The zero-order valence-electron chi connectivity index (χ0n) is 8.77. The van der Waals surface area contributed by atoms with Crippen molar-refractivity contribution in [3.63, 3.8) is 0 Å². The van der Waals surface area contributed by atoms with Gasteiger partial charge in [-0.05, 0) is 6.07 Å². The Balaban J connectivity index is 2.46. The molecule has 0 saturated carbocycles. The van der Waals surface area contributed by atoms with Crippen LogP contribution >= 0.6 is 15.9 Å². The molecule has 5 nitrogen and oxygen atoms in total. The van der Waals surface area contributed by atoms with Crippen molar-refractivity contribution in [2.45, 2.75) is 11.1 Å². The minimum absolute atomic E-state index is 0.227. The summed E-state index contributed by atoms with van der Waals surface area (Å²) in [6.07, 6.45) is 1.05. The van der Waals surface area contributed by atoms with Crippen molar-refractivity contribution >= 4 is 21.9 Å². The van der Waals surface area contributed by atoms with Gasteiger partial charge in [0.05, 0.1) is 7.11 Å². The van der Waals surface area contributed by atoms with Gasteiger partial charge in [-0.25, -0.2) is 9.78 Å². The van der Waals surface area contributed by atoms with E-state index in [1.54, 1.807) is 6.07 Å². The molecule has 0 radical (unpaired) electrons. The second-order valence-corrected chi connectivity index (χ2v) is 4.17. The van der Waals surface area contributed by atoms with Crippen molar-refractivity contribution in [3.05, 3.63) is 23.5 Å². The second kappa shape index (κ2) is 4.39. The molecule has 2 rings (SSSR count). The number of pyridine rings is 1. The molecule has 0 spiro atoms. The molecule has 2 heterocycles. The van der Waals surface area contributed by atoms with Crippen LogP contribution in [0.25, 0.3) is 0 Å². The van der Waals surface area contributed by atoms with E-state index in [2.05, 4.69) is 25.7 Å². The Bertz CT molecular complexity index is 423. The van der Waals surface area contributed by atoms with E-state index in [1.165, 1.54) is 20.4 Å². The molecular weight excluding hydrogens is 278 g/mol. The van der Waals surface area contributed by atoms with Crippen molar-refractivity contribution in [2.24, 2.45) is 0 Å². The Labute approximate surface area is 101 Å². The van der Waals surface area contributed by atoms with E-state index in [-0.39, 0.29) is 10.5 Å². The number of fused-ring (bicyclic) bond motifs is 1. The van der Waals surface area contributed by atoms with Crippen LogP contribution in [-0.4, -0.2) is 31.5 Å². The molecule has 1 aromatic heterocycles. The number of aromatic nitrogens is 1. The highest BCUT2D eigenvalue weighted by Crippen LogP contribution is 2.43. The maximum Gasteiger partial charge on any atom is 0.357 e. The molecule has 1 aliphatic rings. The van der Waals surface area contributed by atoms with Gasteiger partial charge in [-0.2, -0.15) is 0 Å². The lowest BCUT2D eigenvalue weighted by molar-refractivity contribution is -0.0375. The minimum atomic E-state index is -0.485. The van der Waals surface area contributed by atoms with Crippen LogP contribution in [-0.2, 0) is 9.47 Å². The third-order valence-electron chi connectivity index (χ3n) is 2.32. The maximum absolute atomic E-state index is 11.5. The number of methoxy groups -OCH3 is 2. The van der Waals surface area contributed by atoms with Crippen molar-refractivity contribution in [1.82, 2.24) is 4.98 Å². The number of hydrogen-bond donors (Lipinski definition) is 0. The standard InChI is InChI=1S/C10H10BrNO4/c1-14-9(13)8-6-5(3-4-12-8)16-10(15-2)7(6)11/h3-4,7,10H,1-2H3/t7-,10-/m1/s1. The molecule has 1 aliphatic heterocycles. The van der Waals surface area contributed by atoms with Crippen LogP contribution in [0.3, 0.4) is 0 Å². The van der Waals surface area contributed by atoms with Crippen LogP contribution in [0.1, 0.15) is 20.9 Å². The zero-order chi connectivity index (χ0) is 11.7. The third-order valence-corrected chi connectivity index (χ3v) is 3.21. The number of carbonyl (C=O) groups excluding carboxylic acids is 1. The lowest BCUT2D eigenvalue weighted by Crippen LogP contribution is -2.17. The van der Waals surface area contributed by atoms with Gasteiger partial charge in [0, 0.05) is 18.9 Å². The monoisotopic (exact) mass is 287 g/mol. The fourth-order valence-electron chi connectivity index (χ4n) is 1.57. The number of hydrogen-bond acceptors (Lipinski definition) is 5. The van der Waals surface area contributed by atoms with Crippen LogP contribution in [0.4, 0.5) is 0 Å². The first-order valence-corrected chi connectivity index (χ1v) is 5.51. The Morgan fingerprint density at radius 2 is 2.31 bits per heavy atom. The number of rotatable bonds is 2. The van der Waals surface area contributed by atoms with E-state index in [9.17, 15) is 4.79 Å². The summed E-state index contributed by atoms with van der Waals surface area (Å²) in [6, 6.07) is 1.69. The van der Waals surface area contributed by atoms with E-state index in [0.29, 0.717) is 11.3 Å². The zero-order valence-corrected chi connectivity index (χ0v) is 10.4. The molecule has 86 valence electrons. The molecule has 0 unspecified atom stereocenters. The van der Waals surface area contributed by atoms with E-state index in [4.69, 9.17) is 9.47 Å². The molecule has 1 aromatic rings. The molecular formula is C10H10BrNO4. The van der Waals surface area contributed by atoms with Crippen LogP contribution in [0.15, 0.2) is 12.3 Å². The number of nitrogens with zero attached hydrogens (tertiary/aromatic N) is 1. The third kappa shape index (κ3) is 1.68. The lowest BCUT2D eigenvalue weighted by atomic mass is 10.1. The first-order valence-electron chi connectivity index (χ1n) is 4.59. The number of halogens is 1. The first kappa shape index (κ1) is 11.3. The smallest absolute Gasteiger partial charge is 0.357 e. The summed E-state index contributed by atoms with van der Waals surface area (Å²) >= 11 is 3.41. The molecule has 0 saturated heterocycles. The minimum Gasteiger partial charge on any atom is -0.464 e. The van der Waals surface area contributed by atoms with Crippen molar-refractivity contribution < 1.29 is 19.0 Å². The average molecular weight is 288 g/mol. The Morgan fingerprint density at radius 1 is 1.56 bits per heavy atom.